The Hall–Kier alpha value is -2.30. The molecule has 0 radical (unpaired) electrons. The van der Waals surface area contributed by atoms with Crippen molar-refractivity contribution < 1.29 is 9.59 Å². The van der Waals surface area contributed by atoms with Gasteiger partial charge in [-0.3, -0.25) is 9.59 Å². The molecule has 0 aliphatic heterocycles. The number of rotatable bonds is 5. The van der Waals surface area contributed by atoms with Crippen molar-refractivity contribution in [3.8, 4) is 0 Å². The van der Waals surface area contributed by atoms with E-state index < -0.39 is 11.9 Å². The lowest BCUT2D eigenvalue weighted by atomic mass is 10.2. The van der Waals surface area contributed by atoms with Gasteiger partial charge in [0.15, 0.2) is 0 Å². The van der Waals surface area contributed by atoms with Gasteiger partial charge in [-0.25, -0.2) is 0 Å². The Morgan fingerprint density at radius 2 is 2.05 bits per heavy atom. The second-order valence-electron chi connectivity index (χ2n) is 4.51. The highest BCUT2D eigenvalue weighted by atomic mass is 16.2. The Labute approximate surface area is 111 Å². The van der Waals surface area contributed by atoms with Crippen LogP contribution in [-0.4, -0.2) is 22.4 Å². The van der Waals surface area contributed by atoms with E-state index in [1.165, 1.54) is 0 Å². The van der Waals surface area contributed by atoms with Crippen molar-refractivity contribution in [1.29, 1.82) is 0 Å². The lowest BCUT2D eigenvalue weighted by molar-refractivity contribution is -0.127. The first-order valence-electron chi connectivity index (χ1n) is 6.20. The van der Waals surface area contributed by atoms with Gasteiger partial charge in [-0.15, -0.1) is 0 Å². The number of fused-ring (bicyclic) bond motifs is 1. The van der Waals surface area contributed by atoms with Crippen LogP contribution in [0.4, 0.5) is 0 Å². The summed E-state index contributed by atoms with van der Waals surface area (Å²) in [6, 6.07) is 9.37. The van der Waals surface area contributed by atoms with Crippen LogP contribution >= 0.6 is 0 Å². The maximum atomic E-state index is 11.7. The summed E-state index contributed by atoms with van der Waals surface area (Å²) in [7, 11) is 0. The van der Waals surface area contributed by atoms with Gasteiger partial charge in [0.25, 0.3) is 0 Å². The summed E-state index contributed by atoms with van der Waals surface area (Å²) in [6.45, 7) is 2.15. The zero-order valence-corrected chi connectivity index (χ0v) is 10.8. The van der Waals surface area contributed by atoms with E-state index in [4.69, 9.17) is 5.73 Å². The summed E-state index contributed by atoms with van der Waals surface area (Å²) in [6.07, 6.45) is 2.27. The molecule has 2 rings (SSSR count). The maximum Gasteiger partial charge on any atom is 0.239 e. The molecule has 2 aromatic rings. The molecule has 0 bridgehead atoms. The number of para-hydroxylation sites is 1. The number of primary amides is 1. The van der Waals surface area contributed by atoms with Crippen molar-refractivity contribution in [1.82, 2.24) is 9.88 Å². The zero-order chi connectivity index (χ0) is 13.8. The van der Waals surface area contributed by atoms with E-state index in [1.54, 1.807) is 6.92 Å². The maximum absolute atomic E-state index is 11.7. The second-order valence-corrected chi connectivity index (χ2v) is 4.51. The fourth-order valence-corrected chi connectivity index (χ4v) is 1.94. The van der Waals surface area contributed by atoms with E-state index in [0.717, 1.165) is 10.9 Å². The molecule has 1 unspecified atom stereocenters. The minimum Gasteiger partial charge on any atom is -0.368 e. The van der Waals surface area contributed by atoms with Crippen LogP contribution in [0.5, 0.6) is 0 Å². The molecule has 0 aliphatic carbocycles. The quantitative estimate of drug-likeness (QED) is 0.841. The summed E-state index contributed by atoms with van der Waals surface area (Å²) in [5.41, 5.74) is 6.19. The van der Waals surface area contributed by atoms with Crippen molar-refractivity contribution in [2.24, 2.45) is 5.73 Å². The number of nitrogens with one attached hydrogen (secondary N) is 1. The lowest BCUT2D eigenvalue weighted by Crippen LogP contribution is -2.42. The van der Waals surface area contributed by atoms with E-state index in [9.17, 15) is 9.59 Å². The monoisotopic (exact) mass is 259 g/mol. The standard InChI is InChI=1S/C14H17N3O2/c1-10(14(15)19)16-13(18)7-9-17-8-6-11-4-2-3-5-12(11)17/h2-6,8,10H,7,9H2,1H3,(H2,15,19)(H,16,18). The molecule has 1 atom stereocenters. The third kappa shape index (κ3) is 3.13. The van der Waals surface area contributed by atoms with Crippen molar-refractivity contribution in [2.45, 2.75) is 25.9 Å². The molecule has 0 fully saturated rings. The molecular formula is C14H17N3O2. The molecule has 5 heteroatoms. The van der Waals surface area contributed by atoms with Crippen LogP contribution in [0.3, 0.4) is 0 Å². The number of hydrogen-bond donors (Lipinski definition) is 2. The molecule has 100 valence electrons. The predicted octanol–water partition coefficient (Wildman–Crippen LogP) is 1.02. The lowest BCUT2D eigenvalue weighted by Gasteiger charge is -2.10. The fourth-order valence-electron chi connectivity index (χ4n) is 1.94. The summed E-state index contributed by atoms with van der Waals surface area (Å²) in [5, 5.41) is 3.71. The van der Waals surface area contributed by atoms with Gasteiger partial charge in [0.2, 0.25) is 11.8 Å². The van der Waals surface area contributed by atoms with Crippen molar-refractivity contribution in [3.05, 3.63) is 36.5 Å². The first-order valence-corrected chi connectivity index (χ1v) is 6.20. The largest absolute Gasteiger partial charge is 0.368 e. The number of benzene rings is 1. The summed E-state index contributed by atoms with van der Waals surface area (Å²) >= 11 is 0. The first-order chi connectivity index (χ1) is 9.08. The van der Waals surface area contributed by atoms with Crippen LogP contribution in [-0.2, 0) is 16.1 Å². The predicted molar refractivity (Wildman–Crippen MR) is 73.4 cm³/mol. The third-order valence-electron chi connectivity index (χ3n) is 3.06. The highest BCUT2D eigenvalue weighted by molar-refractivity contribution is 5.86. The van der Waals surface area contributed by atoms with Crippen LogP contribution < -0.4 is 11.1 Å². The SMILES string of the molecule is CC(NC(=O)CCn1ccc2ccccc21)C(N)=O. The highest BCUT2D eigenvalue weighted by Gasteiger charge is 2.12. The van der Waals surface area contributed by atoms with E-state index in [1.807, 2.05) is 41.1 Å². The molecule has 3 N–H and O–H groups in total. The van der Waals surface area contributed by atoms with Crippen LogP contribution in [0, 0.1) is 0 Å². The number of nitrogens with zero attached hydrogens (tertiary/aromatic N) is 1. The first kappa shape index (κ1) is 13.1. The van der Waals surface area contributed by atoms with Crippen molar-refractivity contribution >= 4 is 22.7 Å². The zero-order valence-electron chi connectivity index (χ0n) is 10.8. The molecule has 1 aromatic heterocycles. The van der Waals surface area contributed by atoms with Crippen molar-refractivity contribution in [2.75, 3.05) is 0 Å². The Morgan fingerprint density at radius 1 is 1.32 bits per heavy atom. The topological polar surface area (TPSA) is 77.1 Å². The summed E-state index contributed by atoms with van der Waals surface area (Å²) < 4.78 is 2.02. The number of hydrogen-bond acceptors (Lipinski definition) is 2. The molecular weight excluding hydrogens is 242 g/mol. The van der Waals surface area contributed by atoms with Gasteiger partial charge in [0, 0.05) is 24.7 Å². The number of aryl methyl sites for hydroxylation is 1. The average Bonchev–Trinajstić information content (AvgIpc) is 2.79. The highest BCUT2D eigenvalue weighted by Crippen LogP contribution is 2.15. The van der Waals surface area contributed by atoms with Crippen molar-refractivity contribution in [3.63, 3.8) is 0 Å². The Morgan fingerprint density at radius 3 is 2.79 bits per heavy atom. The fraction of sp³-hybridized carbons (Fsp3) is 0.286. The molecule has 5 nitrogen and oxygen atoms in total. The van der Waals surface area contributed by atoms with Gasteiger partial charge in [-0.2, -0.15) is 0 Å². The Balaban J connectivity index is 1.95. The van der Waals surface area contributed by atoms with Gasteiger partial charge in [-0.05, 0) is 24.4 Å². The van der Waals surface area contributed by atoms with E-state index in [0.29, 0.717) is 13.0 Å². The molecule has 0 saturated carbocycles. The number of amides is 2. The molecule has 1 aromatic carbocycles. The van der Waals surface area contributed by atoms with E-state index >= 15 is 0 Å². The van der Waals surface area contributed by atoms with Crippen LogP contribution in [0.25, 0.3) is 10.9 Å². The Kier molecular flexibility index (Phi) is 3.85. The average molecular weight is 259 g/mol. The minimum absolute atomic E-state index is 0.177. The van der Waals surface area contributed by atoms with Gasteiger partial charge < -0.3 is 15.6 Å². The van der Waals surface area contributed by atoms with Crippen LogP contribution in [0.15, 0.2) is 36.5 Å². The van der Waals surface area contributed by atoms with Gasteiger partial charge in [-0.1, -0.05) is 18.2 Å². The van der Waals surface area contributed by atoms with E-state index in [-0.39, 0.29) is 5.91 Å². The number of carbonyl (C=O) groups is 2. The molecule has 0 spiro atoms. The van der Waals surface area contributed by atoms with Crippen LogP contribution in [0.2, 0.25) is 0 Å². The summed E-state index contributed by atoms with van der Waals surface area (Å²) in [5.74, 6) is -0.705. The smallest absolute Gasteiger partial charge is 0.239 e. The van der Waals surface area contributed by atoms with Gasteiger partial charge in [0.1, 0.15) is 6.04 Å². The van der Waals surface area contributed by atoms with Gasteiger partial charge in [0.05, 0.1) is 0 Å². The molecule has 2 amide bonds. The third-order valence-corrected chi connectivity index (χ3v) is 3.06. The molecule has 19 heavy (non-hydrogen) atoms. The van der Waals surface area contributed by atoms with Crippen LogP contribution in [0.1, 0.15) is 13.3 Å². The number of nitrogens with two attached hydrogens (primary N) is 1. The van der Waals surface area contributed by atoms with E-state index in [2.05, 4.69) is 5.32 Å². The second kappa shape index (κ2) is 5.56. The normalized spacial score (nSPS) is 12.3. The Bertz CT molecular complexity index is 604. The number of carbonyl (C=O) groups excluding carboxylic acids is 2. The minimum atomic E-state index is -0.631. The van der Waals surface area contributed by atoms with Gasteiger partial charge >= 0.3 is 0 Å². The molecule has 0 saturated heterocycles. The summed E-state index contributed by atoms with van der Waals surface area (Å²) in [4.78, 5) is 22.5. The number of aromatic nitrogens is 1. The molecule has 1 heterocycles. The molecule has 0 aliphatic rings.